The number of nitrogens with one attached hydrogen (secondary N) is 3. The fraction of sp³-hybridized carbons (Fsp3) is 0.320. The number of nitrogens with zero attached hydrogens (tertiary/aromatic N) is 3. The molecule has 37 heavy (non-hydrogen) atoms. The predicted molar refractivity (Wildman–Crippen MR) is 139 cm³/mol. The van der Waals surface area contributed by atoms with E-state index in [1.54, 1.807) is 47.3 Å². The molecule has 0 atom stereocenters. The number of oxazole rings is 1. The number of benzene rings is 1. The van der Waals surface area contributed by atoms with Crippen molar-refractivity contribution < 1.29 is 22.7 Å². The van der Waals surface area contributed by atoms with Crippen LogP contribution in [0, 0.1) is 0 Å². The molecule has 0 saturated carbocycles. The zero-order valence-electron chi connectivity index (χ0n) is 20.9. The normalized spacial score (nSPS) is 12.1. The van der Waals surface area contributed by atoms with E-state index in [1.807, 2.05) is 26.8 Å². The smallest absolute Gasteiger partial charge is 0.320 e. The molecule has 3 heterocycles. The SMILES string of the molecule is CC(C)(C)c1cnc(CCNC(=O)Nc2cn3cc(-c4cccc(S(=O)(=O)NCCO)c4)ccc3n2)o1. The van der Waals surface area contributed by atoms with Crippen LogP contribution < -0.4 is 15.4 Å². The number of imidazole rings is 1. The minimum atomic E-state index is -3.73. The van der Waals surface area contributed by atoms with Gasteiger partial charge < -0.3 is 19.2 Å². The minimum absolute atomic E-state index is 0.0607. The summed E-state index contributed by atoms with van der Waals surface area (Å²) in [7, 11) is -3.73. The van der Waals surface area contributed by atoms with Crippen molar-refractivity contribution in [3.05, 3.63) is 66.6 Å². The highest BCUT2D eigenvalue weighted by Crippen LogP contribution is 2.24. The first kappa shape index (κ1) is 26.3. The third-order valence-corrected chi connectivity index (χ3v) is 6.95. The van der Waals surface area contributed by atoms with E-state index in [0.717, 1.165) is 11.3 Å². The summed E-state index contributed by atoms with van der Waals surface area (Å²) < 4.78 is 34.6. The van der Waals surface area contributed by atoms with Crippen LogP contribution in [0.3, 0.4) is 0 Å². The molecule has 0 bridgehead atoms. The van der Waals surface area contributed by atoms with Crippen LogP contribution >= 0.6 is 0 Å². The lowest BCUT2D eigenvalue weighted by Gasteiger charge is -2.13. The Morgan fingerprint density at radius 2 is 1.92 bits per heavy atom. The molecule has 2 amide bonds. The molecule has 4 N–H and O–H groups in total. The Kier molecular flexibility index (Phi) is 7.62. The zero-order chi connectivity index (χ0) is 26.6. The van der Waals surface area contributed by atoms with Crippen molar-refractivity contribution >= 4 is 27.5 Å². The number of aliphatic hydroxyl groups excluding tert-OH is 1. The number of sulfonamides is 1. The molecule has 1 aromatic carbocycles. The van der Waals surface area contributed by atoms with Gasteiger partial charge in [-0.05, 0) is 35.4 Å². The van der Waals surface area contributed by atoms with Crippen LogP contribution in [0.25, 0.3) is 16.8 Å². The lowest BCUT2D eigenvalue weighted by Crippen LogP contribution is -2.30. The number of urea groups is 1. The molecule has 0 aliphatic carbocycles. The molecule has 0 aliphatic heterocycles. The second kappa shape index (κ2) is 10.7. The van der Waals surface area contributed by atoms with E-state index in [9.17, 15) is 13.2 Å². The average Bonchev–Trinajstić information content (AvgIpc) is 3.49. The summed E-state index contributed by atoms with van der Waals surface area (Å²) in [6.07, 6.45) is 5.64. The molecule has 0 radical (unpaired) electrons. The van der Waals surface area contributed by atoms with Crippen molar-refractivity contribution in [3.8, 4) is 11.1 Å². The molecule has 0 unspecified atom stereocenters. The lowest BCUT2D eigenvalue weighted by atomic mass is 9.94. The second-order valence-electron chi connectivity index (χ2n) is 9.46. The van der Waals surface area contributed by atoms with Gasteiger partial charge in [0.15, 0.2) is 11.7 Å². The van der Waals surface area contributed by atoms with Crippen molar-refractivity contribution in [2.75, 3.05) is 25.0 Å². The average molecular weight is 527 g/mol. The monoisotopic (exact) mass is 526 g/mol. The molecular weight excluding hydrogens is 496 g/mol. The maximum atomic E-state index is 12.4. The standard InChI is InChI=1S/C25H30N6O5S/c1-25(2,3)20-14-27-23(36-20)9-10-26-24(33)30-21-16-31-15-18(7-8-22(31)29-21)17-5-4-6-19(13-17)37(34,35)28-11-12-32/h4-8,13-16,28,32H,9-12H2,1-3H3,(H2,26,30,33). The second-order valence-corrected chi connectivity index (χ2v) is 11.2. The van der Waals surface area contributed by atoms with E-state index < -0.39 is 16.1 Å². The Hall–Kier alpha value is -3.74. The van der Waals surface area contributed by atoms with Gasteiger partial charge in [-0.3, -0.25) is 5.32 Å². The van der Waals surface area contributed by atoms with Crippen LogP contribution in [-0.2, 0) is 21.9 Å². The molecule has 0 spiro atoms. The van der Waals surface area contributed by atoms with Crippen molar-refractivity contribution in [1.29, 1.82) is 0 Å². The quantitative estimate of drug-likeness (QED) is 0.262. The number of aromatic nitrogens is 3. The zero-order valence-corrected chi connectivity index (χ0v) is 21.7. The van der Waals surface area contributed by atoms with Crippen molar-refractivity contribution in [1.82, 2.24) is 24.4 Å². The minimum Gasteiger partial charge on any atom is -0.445 e. The molecule has 0 fully saturated rings. The molecule has 0 aliphatic rings. The number of anilines is 1. The van der Waals surface area contributed by atoms with Crippen LogP contribution in [0.4, 0.5) is 10.6 Å². The van der Waals surface area contributed by atoms with Gasteiger partial charge in [-0.1, -0.05) is 32.9 Å². The van der Waals surface area contributed by atoms with Crippen molar-refractivity contribution in [2.24, 2.45) is 0 Å². The summed E-state index contributed by atoms with van der Waals surface area (Å²) in [5.74, 6) is 1.72. The third kappa shape index (κ3) is 6.53. The van der Waals surface area contributed by atoms with Gasteiger partial charge in [0, 0.05) is 31.1 Å². The number of hydrogen-bond acceptors (Lipinski definition) is 7. The van der Waals surface area contributed by atoms with Gasteiger partial charge in [-0.15, -0.1) is 0 Å². The highest BCUT2D eigenvalue weighted by atomic mass is 32.2. The summed E-state index contributed by atoms with van der Waals surface area (Å²) >= 11 is 0. The van der Waals surface area contributed by atoms with E-state index in [4.69, 9.17) is 9.52 Å². The number of rotatable bonds is 9. The molecule has 196 valence electrons. The van der Waals surface area contributed by atoms with Crippen LogP contribution in [0.15, 0.2) is 64.3 Å². The molecule has 12 heteroatoms. The number of hydrogen-bond donors (Lipinski definition) is 4. The van der Waals surface area contributed by atoms with E-state index in [0.29, 0.717) is 35.9 Å². The summed E-state index contributed by atoms with van der Waals surface area (Å²) in [5, 5.41) is 14.4. The maximum Gasteiger partial charge on any atom is 0.320 e. The largest absolute Gasteiger partial charge is 0.445 e. The molecule has 11 nitrogen and oxygen atoms in total. The number of fused-ring (bicyclic) bond motifs is 1. The first-order valence-corrected chi connectivity index (χ1v) is 13.2. The van der Waals surface area contributed by atoms with Gasteiger partial charge in [0.25, 0.3) is 0 Å². The van der Waals surface area contributed by atoms with Crippen LogP contribution in [0.1, 0.15) is 32.4 Å². The molecular formula is C25H30N6O5S. The van der Waals surface area contributed by atoms with Gasteiger partial charge in [0.2, 0.25) is 10.0 Å². The number of aliphatic hydroxyl groups is 1. The Balaban J connectivity index is 1.39. The number of carbonyl (C=O) groups is 1. The first-order chi connectivity index (χ1) is 17.5. The lowest BCUT2D eigenvalue weighted by molar-refractivity contribution is 0.252. The van der Waals surface area contributed by atoms with Gasteiger partial charge in [0.1, 0.15) is 11.4 Å². The third-order valence-electron chi connectivity index (χ3n) is 5.49. The van der Waals surface area contributed by atoms with Crippen molar-refractivity contribution in [3.63, 3.8) is 0 Å². The van der Waals surface area contributed by atoms with E-state index >= 15 is 0 Å². The first-order valence-electron chi connectivity index (χ1n) is 11.7. The Labute approximate surface area is 215 Å². The topological polar surface area (TPSA) is 151 Å². The van der Waals surface area contributed by atoms with Gasteiger partial charge in [0.05, 0.1) is 23.9 Å². The Morgan fingerprint density at radius 1 is 1.11 bits per heavy atom. The highest BCUT2D eigenvalue weighted by molar-refractivity contribution is 7.89. The van der Waals surface area contributed by atoms with E-state index in [2.05, 4.69) is 25.3 Å². The molecule has 3 aromatic heterocycles. The van der Waals surface area contributed by atoms with Crippen LogP contribution in [-0.4, -0.2) is 53.6 Å². The van der Waals surface area contributed by atoms with Gasteiger partial charge >= 0.3 is 6.03 Å². The number of pyridine rings is 1. The molecule has 4 rings (SSSR count). The van der Waals surface area contributed by atoms with Crippen LogP contribution in [0.2, 0.25) is 0 Å². The predicted octanol–water partition coefficient (Wildman–Crippen LogP) is 2.92. The number of amides is 2. The van der Waals surface area contributed by atoms with Crippen molar-refractivity contribution in [2.45, 2.75) is 37.5 Å². The summed E-state index contributed by atoms with van der Waals surface area (Å²) in [4.78, 5) is 21.1. The van der Waals surface area contributed by atoms with Gasteiger partial charge in [-0.25, -0.2) is 27.9 Å². The molecule has 0 saturated heterocycles. The van der Waals surface area contributed by atoms with Crippen LogP contribution in [0.5, 0.6) is 0 Å². The fourth-order valence-electron chi connectivity index (χ4n) is 3.55. The summed E-state index contributed by atoms with van der Waals surface area (Å²) in [5.41, 5.74) is 1.94. The summed E-state index contributed by atoms with van der Waals surface area (Å²) in [6.45, 7) is 6.13. The van der Waals surface area contributed by atoms with E-state index in [1.165, 1.54) is 6.07 Å². The Bertz CT molecular complexity index is 1500. The maximum absolute atomic E-state index is 12.4. The fourth-order valence-corrected chi connectivity index (χ4v) is 4.61. The number of carbonyl (C=O) groups excluding carboxylic acids is 1. The van der Waals surface area contributed by atoms with Gasteiger partial charge in [-0.2, -0.15) is 0 Å². The highest BCUT2D eigenvalue weighted by Gasteiger charge is 2.19. The Morgan fingerprint density at radius 3 is 2.65 bits per heavy atom. The summed E-state index contributed by atoms with van der Waals surface area (Å²) in [6, 6.07) is 9.70. The van der Waals surface area contributed by atoms with E-state index in [-0.39, 0.29) is 23.5 Å². The molecule has 4 aromatic rings.